The summed E-state index contributed by atoms with van der Waals surface area (Å²) in [4.78, 5) is 2.45. The first kappa shape index (κ1) is 13.1. The Morgan fingerprint density at radius 1 is 1.39 bits per heavy atom. The second kappa shape index (κ2) is 6.53. The Morgan fingerprint density at radius 3 is 2.89 bits per heavy atom. The fraction of sp³-hybridized carbons (Fsp3) is 0.533. The molecule has 1 aliphatic rings. The fourth-order valence-corrected chi connectivity index (χ4v) is 2.54. The number of nitrogens with one attached hydrogen (secondary N) is 1. The number of nitrogens with zero attached hydrogens (tertiary/aromatic N) is 2. The highest BCUT2D eigenvalue weighted by molar-refractivity contribution is 5.14. The Bertz CT molecular complexity index is 396. The molecule has 1 aliphatic heterocycles. The lowest BCUT2D eigenvalue weighted by atomic mass is 10.1. The van der Waals surface area contributed by atoms with E-state index in [2.05, 4.69) is 47.5 Å². The topological polar surface area (TPSA) is 39.1 Å². The maximum absolute atomic E-state index is 8.86. The molecule has 1 saturated heterocycles. The van der Waals surface area contributed by atoms with Crippen molar-refractivity contribution in [1.29, 1.82) is 5.26 Å². The fourth-order valence-electron chi connectivity index (χ4n) is 2.54. The number of benzene rings is 1. The molecule has 1 heterocycles. The van der Waals surface area contributed by atoms with Gasteiger partial charge in [0.25, 0.3) is 0 Å². The maximum atomic E-state index is 8.86. The summed E-state index contributed by atoms with van der Waals surface area (Å²) >= 11 is 0. The molecule has 0 aliphatic carbocycles. The molecule has 3 nitrogen and oxygen atoms in total. The van der Waals surface area contributed by atoms with Gasteiger partial charge in [-0.3, -0.25) is 4.90 Å². The third-order valence-electron chi connectivity index (χ3n) is 3.46. The van der Waals surface area contributed by atoms with Crippen molar-refractivity contribution in [1.82, 2.24) is 10.2 Å². The zero-order chi connectivity index (χ0) is 12.8. The average molecular weight is 243 g/mol. The molecule has 1 N–H and O–H groups in total. The van der Waals surface area contributed by atoms with Crippen LogP contribution in [0.1, 0.15) is 25.3 Å². The van der Waals surface area contributed by atoms with Crippen molar-refractivity contribution in [2.75, 3.05) is 13.1 Å². The van der Waals surface area contributed by atoms with E-state index >= 15 is 0 Å². The molecule has 2 rings (SSSR count). The summed E-state index contributed by atoms with van der Waals surface area (Å²) in [5.74, 6) is 0. The number of nitriles is 1. The van der Waals surface area contributed by atoms with Gasteiger partial charge in [-0.1, -0.05) is 30.3 Å². The minimum atomic E-state index is 0.302. The van der Waals surface area contributed by atoms with Crippen molar-refractivity contribution in [2.24, 2.45) is 0 Å². The molecule has 96 valence electrons. The van der Waals surface area contributed by atoms with Gasteiger partial charge < -0.3 is 5.32 Å². The van der Waals surface area contributed by atoms with Gasteiger partial charge in [-0.2, -0.15) is 5.26 Å². The Kier molecular flexibility index (Phi) is 4.74. The van der Waals surface area contributed by atoms with Gasteiger partial charge in [0.15, 0.2) is 0 Å². The van der Waals surface area contributed by atoms with Crippen molar-refractivity contribution in [3.05, 3.63) is 35.9 Å². The monoisotopic (exact) mass is 243 g/mol. The Balaban J connectivity index is 1.97. The van der Waals surface area contributed by atoms with Crippen LogP contribution in [-0.4, -0.2) is 30.1 Å². The minimum Gasteiger partial charge on any atom is -0.309 e. The van der Waals surface area contributed by atoms with E-state index in [4.69, 9.17) is 5.26 Å². The molecule has 0 bridgehead atoms. The van der Waals surface area contributed by atoms with E-state index in [0.29, 0.717) is 18.5 Å². The van der Waals surface area contributed by atoms with Crippen LogP contribution in [0.4, 0.5) is 0 Å². The second-order valence-electron chi connectivity index (χ2n) is 5.14. The Morgan fingerprint density at radius 2 is 2.17 bits per heavy atom. The SMILES string of the molecule is CC1CCN(Cc2ccccc2)CC(CC#N)N1. The van der Waals surface area contributed by atoms with Crippen LogP contribution in [0.5, 0.6) is 0 Å². The van der Waals surface area contributed by atoms with Crippen LogP contribution in [-0.2, 0) is 6.54 Å². The van der Waals surface area contributed by atoms with Crippen molar-refractivity contribution in [2.45, 2.75) is 38.4 Å². The summed E-state index contributed by atoms with van der Waals surface area (Å²) in [6.07, 6.45) is 1.74. The number of hydrogen-bond acceptors (Lipinski definition) is 3. The minimum absolute atomic E-state index is 0.302. The molecule has 0 amide bonds. The average Bonchev–Trinajstić information content (AvgIpc) is 2.53. The van der Waals surface area contributed by atoms with Crippen molar-refractivity contribution >= 4 is 0 Å². The summed E-state index contributed by atoms with van der Waals surface area (Å²) < 4.78 is 0. The van der Waals surface area contributed by atoms with E-state index in [1.54, 1.807) is 0 Å². The summed E-state index contributed by atoms with van der Waals surface area (Å²) in [7, 11) is 0. The molecule has 0 radical (unpaired) electrons. The quantitative estimate of drug-likeness (QED) is 0.884. The Hall–Kier alpha value is -1.37. The number of hydrogen-bond donors (Lipinski definition) is 1. The standard InChI is InChI=1S/C15H21N3/c1-13-8-10-18(12-15(17-13)7-9-16)11-14-5-3-2-4-6-14/h2-6,13,15,17H,7-8,10-12H2,1H3. The molecule has 0 spiro atoms. The van der Waals surface area contributed by atoms with Gasteiger partial charge in [0, 0.05) is 31.7 Å². The van der Waals surface area contributed by atoms with Crippen LogP contribution in [0.15, 0.2) is 30.3 Å². The molecule has 1 aromatic rings. The van der Waals surface area contributed by atoms with Crippen LogP contribution in [0.2, 0.25) is 0 Å². The van der Waals surface area contributed by atoms with E-state index in [0.717, 1.165) is 26.1 Å². The van der Waals surface area contributed by atoms with Crippen molar-refractivity contribution in [3.63, 3.8) is 0 Å². The van der Waals surface area contributed by atoms with E-state index in [1.165, 1.54) is 5.56 Å². The third kappa shape index (κ3) is 3.83. The van der Waals surface area contributed by atoms with Crippen LogP contribution in [0.25, 0.3) is 0 Å². The molecular weight excluding hydrogens is 222 g/mol. The lowest BCUT2D eigenvalue weighted by molar-refractivity contribution is 0.260. The first-order valence-electron chi connectivity index (χ1n) is 6.67. The first-order chi connectivity index (χ1) is 8.78. The van der Waals surface area contributed by atoms with Crippen LogP contribution in [0.3, 0.4) is 0 Å². The highest BCUT2D eigenvalue weighted by atomic mass is 15.2. The van der Waals surface area contributed by atoms with Crippen molar-refractivity contribution in [3.8, 4) is 6.07 Å². The molecule has 18 heavy (non-hydrogen) atoms. The molecule has 0 aromatic heterocycles. The lowest BCUT2D eigenvalue weighted by Gasteiger charge is -2.23. The van der Waals surface area contributed by atoms with Crippen LogP contribution >= 0.6 is 0 Å². The third-order valence-corrected chi connectivity index (χ3v) is 3.46. The van der Waals surface area contributed by atoms with Crippen LogP contribution < -0.4 is 5.32 Å². The molecule has 0 saturated carbocycles. The normalized spacial score (nSPS) is 25.3. The van der Waals surface area contributed by atoms with E-state index in [9.17, 15) is 0 Å². The zero-order valence-corrected chi connectivity index (χ0v) is 11.0. The van der Waals surface area contributed by atoms with Gasteiger partial charge >= 0.3 is 0 Å². The van der Waals surface area contributed by atoms with E-state index < -0.39 is 0 Å². The van der Waals surface area contributed by atoms with Gasteiger partial charge in [-0.05, 0) is 18.9 Å². The number of rotatable bonds is 3. The summed E-state index contributed by atoms with van der Waals surface area (Å²) in [6.45, 7) is 5.26. The predicted octanol–water partition coefficient (Wildman–Crippen LogP) is 2.15. The van der Waals surface area contributed by atoms with Gasteiger partial charge in [0.05, 0.1) is 12.5 Å². The summed E-state index contributed by atoms with van der Waals surface area (Å²) in [5.41, 5.74) is 1.35. The van der Waals surface area contributed by atoms with E-state index in [1.807, 2.05) is 6.07 Å². The zero-order valence-electron chi connectivity index (χ0n) is 11.0. The van der Waals surface area contributed by atoms with E-state index in [-0.39, 0.29) is 0 Å². The van der Waals surface area contributed by atoms with Gasteiger partial charge in [-0.15, -0.1) is 0 Å². The molecule has 2 unspecified atom stereocenters. The molecule has 1 fully saturated rings. The maximum Gasteiger partial charge on any atom is 0.0638 e. The highest BCUT2D eigenvalue weighted by Gasteiger charge is 2.20. The van der Waals surface area contributed by atoms with Crippen molar-refractivity contribution < 1.29 is 0 Å². The lowest BCUT2D eigenvalue weighted by Crippen LogP contribution is -2.39. The van der Waals surface area contributed by atoms with Gasteiger partial charge in [0.1, 0.15) is 0 Å². The molecule has 3 heteroatoms. The molecule has 1 aromatic carbocycles. The molecule has 2 atom stereocenters. The highest BCUT2D eigenvalue weighted by Crippen LogP contribution is 2.11. The predicted molar refractivity (Wildman–Crippen MR) is 73.0 cm³/mol. The largest absolute Gasteiger partial charge is 0.309 e. The van der Waals surface area contributed by atoms with Gasteiger partial charge in [0.2, 0.25) is 0 Å². The van der Waals surface area contributed by atoms with Crippen LogP contribution in [0, 0.1) is 11.3 Å². The first-order valence-corrected chi connectivity index (χ1v) is 6.67. The molecular formula is C15H21N3. The smallest absolute Gasteiger partial charge is 0.0638 e. The van der Waals surface area contributed by atoms with Gasteiger partial charge in [-0.25, -0.2) is 0 Å². The second-order valence-corrected chi connectivity index (χ2v) is 5.14. The summed E-state index contributed by atoms with van der Waals surface area (Å²) in [5, 5.41) is 12.4. The summed E-state index contributed by atoms with van der Waals surface area (Å²) in [6, 6.07) is 13.6. The Labute approximate surface area is 109 Å².